The molecule has 0 saturated carbocycles. The Hall–Kier alpha value is -2.08. The van der Waals surface area contributed by atoms with E-state index in [4.69, 9.17) is 5.11 Å². The molecule has 0 saturated heterocycles. The number of hydrogen-bond donors (Lipinski definition) is 4. The number of hydrogen-bond acceptors (Lipinski definition) is 3. The topological polar surface area (TPSA) is 98.0 Å². The van der Waals surface area contributed by atoms with Gasteiger partial charge in [-0.2, -0.15) is 0 Å². The van der Waals surface area contributed by atoms with Gasteiger partial charge in [0.05, 0.1) is 11.0 Å². The van der Waals surface area contributed by atoms with Gasteiger partial charge in [0.25, 0.3) is 0 Å². The predicted octanol–water partition coefficient (Wildman–Crippen LogP) is 0.851. The summed E-state index contributed by atoms with van der Waals surface area (Å²) in [4.78, 5) is 27.4. The zero-order chi connectivity index (χ0) is 14.0. The summed E-state index contributed by atoms with van der Waals surface area (Å²) in [7, 11) is 0. The quantitative estimate of drug-likeness (QED) is 0.643. The largest absolute Gasteiger partial charge is 0.480 e. The van der Waals surface area contributed by atoms with E-state index < -0.39 is 11.5 Å². The summed E-state index contributed by atoms with van der Waals surface area (Å²) in [6.07, 6.45) is 0.694. The van der Waals surface area contributed by atoms with Crippen molar-refractivity contribution in [3.63, 3.8) is 0 Å². The van der Waals surface area contributed by atoms with Crippen LogP contribution in [-0.4, -0.2) is 33.1 Å². The zero-order valence-electron chi connectivity index (χ0n) is 10.9. The van der Waals surface area contributed by atoms with E-state index in [2.05, 4.69) is 15.3 Å². The highest BCUT2D eigenvalue weighted by molar-refractivity contribution is 5.77. The Morgan fingerprint density at radius 1 is 1.32 bits per heavy atom. The second-order valence-corrected chi connectivity index (χ2v) is 5.07. The Kier molecular flexibility index (Phi) is 3.44. The molecule has 0 bridgehead atoms. The number of aromatic amines is 2. The van der Waals surface area contributed by atoms with E-state index in [9.17, 15) is 9.59 Å². The lowest BCUT2D eigenvalue weighted by Gasteiger charge is -2.20. The Morgan fingerprint density at radius 3 is 2.68 bits per heavy atom. The second kappa shape index (κ2) is 4.89. The number of fused-ring (bicyclic) bond motifs is 1. The third kappa shape index (κ3) is 3.03. The molecule has 0 radical (unpaired) electrons. The number of aliphatic carboxylic acids is 1. The first kappa shape index (κ1) is 13.4. The molecule has 1 aromatic carbocycles. The van der Waals surface area contributed by atoms with Crippen molar-refractivity contribution >= 4 is 17.0 Å². The standard InChI is InChI=1S/C13H17N3O3/c1-13(2,11(17)18)14-6-5-8-3-4-9-10(7-8)16-12(19)15-9/h3-4,7,14H,5-6H2,1-2H3,(H,17,18)(H2,15,16,19). The molecule has 6 nitrogen and oxygen atoms in total. The van der Waals surface area contributed by atoms with Crippen LogP contribution in [0.1, 0.15) is 19.4 Å². The highest BCUT2D eigenvalue weighted by Crippen LogP contribution is 2.11. The Morgan fingerprint density at radius 2 is 2.00 bits per heavy atom. The summed E-state index contributed by atoms with van der Waals surface area (Å²) in [6.45, 7) is 3.81. The van der Waals surface area contributed by atoms with Crippen LogP contribution in [0.25, 0.3) is 11.0 Å². The molecule has 0 unspecified atom stereocenters. The van der Waals surface area contributed by atoms with Crippen LogP contribution in [0.5, 0.6) is 0 Å². The molecule has 4 N–H and O–H groups in total. The SMILES string of the molecule is CC(C)(NCCc1ccc2[nH]c(=O)[nH]c2c1)C(=O)O. The Balaban J connectivity index is 2.02. The first-order valence-electron chi connectivity index (χ1n) is 6.08. The summed E-state index contributed by atoms with van der Waals surface area (Å²) in [6, 6.07) is 5.65. The van der Waals surface area contributed by atoms with Gasteiger partial charge in [0.1, 0.15) is 5.54 Å². The molecule has 0 amide bonds. The molecule has 1 heterocycles. The number of imidazole rings is 1. The molecule has 1 aromatic heterocycles. The van der Waals surface area contributed by atoms with E-state index in [0.29, 0.717) is 13.0 Å². The average Bonchev–Trinajstić information content (AvgIpc) is 2.68. The Bertz CT molecular complexity index is 654. The maximum absolute atomic E-state index is 11.1. The van der Waals surface area contributed by atoms with Crippen molar-refractivity contribution in [3.05, 3.63) is 34.2 Å². The number of carboxylic acid groups (broad SMARTS) is 1. The molecule has 0 atom stereocenters. The van der Waals surface area contributed by atoms with Gasteiger partial charge in [-0.15, -0.1) is 0 Å². The summed E-state index contributed by atoms with van der Waals surface area (Å²) in [5.74, 6) is -0.877. The molecule has 2 rings (SSSR count). The van der Waals surface area contributed by atoms with Gasteiger partial charge in [-0.3, -0.25) is 4.79 Å². The fourth-order valence-corrected chi connectivity index (χ4v) is 1.83. The van der Waals surface area contributed by atoms with Crippen LogP contribution in [0.15, 0.2) is 23.0 Å². The van der Waals surface area contributed by atoms with Gasteiger partial charge in [0.15, 0.2) is 0 Å². The molecule has 2 aromatic rings. The van der Waals surface area contributed by atoms with Crippen LogP contribution >= 0.6 is 0 Å². The van der Waals surface area contributed by atoms with Crippen molar-refractivity contribution in [2.75, 3.05) is 6.54 Å². The van der Waals surface area contributed by atoms with Crippen LogP contribution in [0.4, 0.5) is 0 Å². The number of aromatic nitrogens is 2. The molecule has 102 valence electrons. The van der Waals surface area contributed by atoms with Crippen molar-refractivity contribution in [2.24, 2.45) is 0 Å². The normalized spacial score (nSPS) is 11.9. The third-order valence-corrected chi connectivity index (χ3v) is 3.10. The van der Waals surface area contributed by atoms with Crippen LogP contribution in [0, 0.1) is 0 Å². The van der Waals surface area contributed by atoms with E-state index in [0.717, 1.165) is 16.6 Å². The third-order valence-electron chi connectivity index (χ3n) is 3.10. The molecule has 19 heavy (non-hydrogen) atoms. The maximum atomic E-state index is 11.1. The first-order chi connectivity index (χ1) is 8.88. The van der Waals surface area contributed by atoms with Crippen LogP contribution < -0.4 is 11.0 Å². The van der Waals surface area contributed by atoms with Gasteiger partial charge in [-0.1, -0.05) is 6.07 Å². The predicted molar refractivity (Wildman–Crippen MR) is 72.3 cm³/mol. The van der Waals surface area contributed by atoms with Crippen LogP contribution in [0.3, 0.4) is 0 Å². The number of rotatable bonds is 5. The molecule has 0 aliphatic heterocycles. The molecule has 6 heteroatoms. The van der Waals surface area contributed by atoms with Crippen LogP contribution in [0.2, 0.25) is 0 Å². The smallest absolute Gasteiger partial charge is 0.323 e. The van der Waals surface area contributed by atoms with Crippen molar-refractivity contribution < 1.29 is 9.90 Å². The van der Waals surface area contributed by atoms with E-state index in [1.54, 1.807) is 13.8 Å². The van der Waals surface area contributed by atoms with Gasteiger partial charge < -0.3 is 20.4 Å². The minimum absolute atomic E-state index is 0.225. The molecule has 0 aliphatic carbocycles. The van der Waals surface area contributed by atoms with Gasteiger partial charge in [0.2, 0.25) is 0 Å². The van der Waals surface area contributed by atoms with E-state index in [-0.39, 0.29) is 5.69 Å². The number of carboxylic acids is 1. The lowest BCUT2D eigenvalue weighted by Crippen LogP contribution is -2.47. The summed E-state index contributed by atoms with van der Waals surface area (Å²) >= 11 is 0. The van der Waals surface area contributed by atoms with E-state index in [1.807, 2.05) is 18.2 Å². The Labute approximate surface area is 109 Å². The van der Waals surface area contributed by atoms with Gasteiger partial charge in [0, 0.05) is 6.54 Å². The van der Waals surface area contributed by atoms with Crippen molar-refractivity contribution in [1.82, 2.24) is 15.3 Å². The molecule has 0 aliphatic rings. The summed E-state index contributed by atoms with van der Waals surface area (Å²) < 4.78 is 0. The van der Waals surface area contributed by atoms with Gasteiger partial charge in [-0.05, 0) is 38.0 Å². The number of nitrogens with one attached hydrogen (secondary N) is 3. The number of benzene rings is 1. The highest BCUT2D eigenvalue weighted by Gasteiger charge is 2.25. The number of H-pyrrole nitrogens is 2. The number of carbonyl (C=O) groups is 1. The van der Waals surface area contributed by atoms with E-state index in [1.165, 1.54) is 0 Å². The average molecular weight is 263 g/mol. The lowest BCUT2D eigenvalue weighted by molar-refractivity contribution is -0.143. The second-order valence-electron chi connectivity index (χ2n) is 5.07. The summed E-state index contributed by atoms with van der Waals surface area (Å²) in [5.41, 5.74) is 1.41. The molecular weight excluding hydrogens is 246 g/mol. The minimum atomic E-state index is -0.938. The fraction of sp³-hybridized carbons (Fsp3) is 0.385. The van der Waals surface area contributed by atoms with Crippen molar-refractivity contribution in [2.45, 2.75) is 25.8 Å². The van der Waals surface area contributed by atoms with E-state index >= 15 is 0 Å². The zero-order valence-corrected chi connectivity index (χ0v) is 10.9. The summed E-state index contributed by atoms with van der Waals surface area (Å²) in [5, 5.41) is 12.0. The van der Waals surface area contributed by atoms with Gasteiger partial charge in [-0.25, -0.2) is 4.79 Å². The maximum Gasteiger partial charge on any atom is 0.323 e. The van der Waals surface area contributed by atoms with Crippen molar-refractivity contribution in [1.29, 1.82) is 0 Å². The minimum Gasteiger partial charge on any atom is -0.480 e. The van der Waals surface area contributed by atoms with Gasteiger partial charge >= 0.3 is 11.7 Å². The first-order valence-corrected chi connectivity index (χ1v) is 6.08. The molecular formula is C13H17N3O3. The molecule has 0 fully saturated rings. The van der Waals surface area contributed by atoms with Crippen LogP contribution in [-0.2, 0) is 11.2 Å². The fourth-order valence-electron chi connectivity index (χ4n) is 1.83. The monoisotopic (exact) mass is 263 g/mol. The highest BCUT2D eigenvalue weighted by atomic mass is 16.4. The lowest BCUT2D eigenvalue weighted by atomic mass is 10.1. The van der Waals surface area contributed by atoms with Crippen molar-refractivity contribution in [3.8, 4) is 0 Å². The molecule has 0 spiro atoms.